The van der Waals surface area contributed by atoms with E-state index < -0.39 is 0 Å². The molecule has 1 aliphatic heterocycles. The minimum Gasteiger partial charge on any atom is -0.380 e. The van der Waals surface area contributed by atoms with Gasteiger partial charge in [0.15, 0.2) is 0 Å². The Balaban J connectivity index is 1.59. The van der Waals surface area contributed by atoms with Gasteiger partial charge in [0.05, 0.1) is 19.3 Å². The van der Waals surface area contributed by atoms with Crippen molar-refractivity contribution in [2.45, 2.75) is 187 Å². The van der Waals surface area contributed by atoms with Crippen LogP contribution in [-0.2, 0) is 22.6 Å². The van der Waals surface area contributed by atoms with Gasteiger partial charge in [-0.2, -0.15) is 0 Å². The van der Waals surface area contributed by atoms with E-state index in [-0.39, 0.29) is 6.04 Å². The molecule has 5 nitrogen and oxygen atoms in total. The zero-order valence-corrected chi connectivity index (χ0v) is 37.8. The largest absolute Gasteiger partial charge is 0.380 e. The van der Waals surface area contributed by atoms with Crippen LogP contribution < -0.4 is 5.32 Å². The third kappa shape index (κ3) is 32.5. The van der Waals surface area contributed by atoms with Crippen molar-refractivity contribution in [1.82, 2.24) is 15.1 Å². The first-order chi connectivity index (χ1) is 28.2. The van der Waals surface area contributed by atoms with Crippen molar-refractivity contribution in [1.29, 1.82) is 0 Å². The lowest BCUT2D eigenvalue weighted by Crippen LogP contribution is -2.43. The number of benzene rings is 1. The third-order valence-corrected chi connectivity index (χ3v) is 11.2. The Morgan fingerprint density at radius 1 is 0.544 bits per heavy atom. The van der Waals surface area contributed by atoms with Crippen LogP contribution in [0.25, 0.3) is 0 Å². The molecular formula is C52H91N3O2. The van der Waals surface area contributed by atoms with Gasteiger partial charge in [-0.15, -0.1) is 0 Å². The number of likely N-dealkylation sites (N-methyl/N-ethyl adjacent to an activating group) is 1. The highest BCUT2D eigenvalue weighted by atomic mass is 16.5. The number of nitrogens with one attached hydrogen (secondary N) is 1. The topological polar surface area (TPSA) is 37.0 Å². The average molecular weight is 790 g/mol. The molecule has 0 spiro atoms. The van der Waals surface area contributed by atoms with E-state index in [1.165, 1.54) is 140 Å². The van der Waals surface area contributed by atoms with Crippen molar-refractivity contribution < 1.29 is 9.47 Å². The molecule has 1 aromatic carbocycles. The molecule has 1 saturated heterocycles. The molecule has 1 heterocycles. The molecule has 0 bridgehead atoms. The molecule has 2 rings (SSSR count). The minimum atomic E-state index is 0.209. The van der Waals surface area contributed by atoms with Crippen LogP contribution in [0.4, 0.5) is 0 Å². The fraction of sp³-hybridized carbons (Fsp3) is 0.731. The Morgan fingerprint density at radius 2 is 0.982 bits per heavy atom. The Hall–Kier alpha value is -2.02. The van der Waals surface area contributed by atoms with Crippen molar-refractivity contribution >= 4 is 0 Å². The number of rotatable bonds is 39. The predicted molar refractivity (Wildman–Crippen MR) is 250 cm³/mol. The second-order valence-electron chi connectivity index (χ2n) is 16.8. The first-order valence-electron chi connectivity index (χ1n) is 24.2. The molecule has 1 aliphatic rings. The van der Waals surface area contributed by atoms with Gasteiger partial charge in [0, 0.05) is 52.5 Å². The van der Waals surface area contributed by atoms with Crippen molar-refractivity contribution in [3.63, 3.8) is 0 Å². The van der Waals surface area contributed by atoms with Gasteiger partial charge in [-0.25, -0.2) is 0 Å². The lowest BCUT2D eigenvalue weighted by Gasteiger charge is -2.32. The average Bonchev–Trinajstić information content (AvgIpc) is 3.22. The lowest BCUT2D eigenvalue weighted by molar-refractivity contribution is 0.0523. The second kappa shape index (κ2) is 39.4. The predicted octanol–water partition coefficient (Wildman–Crippen LogP) is 13.6. The zero-order chi connectivity index (χ0) is 40.5. The van der Waals surface area contributed by atoms with Crippen LogP contribution in [0, 0.1) is 0 Å². The van der Waals surface area contributed by atoms with E-state index in [4.69, 9.17) is 9.47 Å². The van der Waals surface area contributed by atoms with E-state index in [1.54, 1.807) is 0 Å². The third-order valence-electron chi connectivity index (χ3n) is 11.2. The van der Waals surface area contributed by atoms with E-state index in [0.717, 1.165) is 78.2 Å². The molecule has 326 valence electrons. The van der Waals surface area contributed by atoms with E-state index in [0.29, 0.717) is 13.2 Å². The van der Waals surface area contributed by atoms with Crippen molar-refractivity contribution in [2.75, 3.05) is 59.7 Å². The van der Waals surface area contributed by atoms with Crippen LogP contribution in [0.2, 0.25) is 0 Å². The lowest BCUT2D eigenvalue weighted by atomic mass is 10.1. The number of nitrogens with zero attached hydrogens (tertiary/aromatic N) is 2. The van der Waals surface area contributed by atoms with Gasteiger partial charge in [-0.3, -0.25) is 4.90 Å². The van der Waals surface area contributed by atoms with Crippen molar-refractivity contribution in [2.24, 2.45) is 0 Å². The maximum Gasteiger partial charge on any atom is 0.0642 e. The summed E-state index contributed by atoms with van der Waals surface area (Å²) in [7, 11) is 2.23. The molecule has 0 saturated carbocycles. The summed E-state index contributed by atoms with van der Waals surface area (Å²) >= 11 is 0. The van der Waals surface area contributed by atoms with Crippen molar-refractivity contribution in [3.8, 4) is 0 Å². The number of ether oxygens (including phenoxy) is 2. The minimum absolute atomic E-state index is 0.209. The molecule has 0 unspecified atom stereocenters. The molecule has 1 fully saturated rings. The van der Waals surface area contributed by atoms with Gasteiger partial charge in [-0.05, 0) is 95.2 Å². The van der Waals surface area contributed by atoms with E-state index in [1.807, 2.05) is 0 Å². The van der Waals surface area contributed by atoms with Gasteiger partial charge in [-0.1, -0.05) is 164 Å². The standard InChI is InChI=1S/C52H91N3O2/c1-4-6-8-10-12-14-16-18-20-22-24-26-28-30-32-34-43-56-48-52(53-46-50-37-36-38-51(45-50)47-55-41-39-54(3)40-42-55)49-57-44-35-33-31-29-27-25-23-21-19-17-15-13-11-9-7-5-2/h12-15,18-21,36-38,45,52-53H,4-11,16-17,22-35,39-44,46-49H2,1-3H3. The van der Waals surface area contributed by atoms with Gasteiger partial charge in [0.2, 0.25) is 0 Å². The molecule has 57 heavy (non-hydrogen) atoms. The molecule has 0 aliphatic carbocycles. The van der Waals surface area contributed by atoms with Crippen LogP contribution in [-0.4, -0.2) is 75.5 Å². The van der Waals surface area contributed by atoms with Crippen LogP contribution >= 0.6 is 0 Å². The summed E-state index contributed by atoms with van der Waals surface area (Å²) in [6.07, 6.45) is 49.3. The fourth-order valence-corrected chi connectivity index (χ4v) is 7.37. The summed E-state index contributed by atoms with van der Waals surface area (Å²) in [5.74, 6) is 0. The summed E-state index contributed by atoms with van der Waals surface area (Å²) in [4.78, 5) is 5.01. The SMILES string of the molecule is CCCCCC=CCC=CCCCCCCCCOCC(COCCCCCCCCC=CCC=CCCCCC)NCc1cccc(CN2CCN(C)CC2)c1. The van der Waals surface area contributed by atoms with Crippen LogP contribution in [0.5, 0.6) is 0 Å². The maximum absolute atomic E-state index is 6.25. The van der Waals surface area contributed by atoms with Crippen LogP contribution in [0.15, 0.2) is 72.9 Å². The molecule has 5 heteroatoms. The summed E-state index contributed by atoms with van der Waals surface area (Å²) in [6, 6.07) is 9.36. The molecule has 0 radical (unpaired) electrons. The first kappa shape index (κ1) is 51.1. The molecular weight excluding hydrogens is 699 g/mol. The second-order valence-corrected chi connectivity index (χ2v) is 16.8. The van der Waals surface area contributed by atoms with E-state index in [2.05, 4.69) is 109 Å². The summed E-state index contributed by atoms with van der Waals surface area (Å²) in [5, 5.41) is 3.80. The Kier molecular flexibility index (Phi) is 35.4. The zero-order valence-electron chi connectivity index (χ0n) is 37.8. The van der Waals surface area contributed by atoms with Crippen LogP contribution in [0.3, 0.4) is 0 Å². The first-order valence-corrected chi connectivity index (χ1v) is 24.2. The van der Waals surface area contributed by atoms with Crippen molar-refractivity contribution in [3.05, 3.63) is 84.0 Å². The summed E-state index contributed by atoms with van der Waals surface area (Å²) in [5.41, 5.74) is 2.76. The van der Waals surface area contributed by atoms with E-state index in [9.17, 15) is 0 Å². The van der Waals surface area contributed by atoms with Gasteiger partial charge in [0.25, 0.3) is 0 Å². The number of hydrogen-bond acceptors (Lipinski definition) is 5. The highest BCUT2D eigenvalue weighted by Crippen LogP contribution is 2.13. The van der Waals surface area contributed by atoms with Gasteiger partial charge >= 0.3 is 0 Å². The van der Waals surface area contributed by atoms with Gasteiger partial charge < -0.3 is 19.7 Å². The summed E-state index contributed by atoms with van der Waals surface area (Å²) in [6.45, 7) is 14.2. The number of hydrogen-bond donors (Lipinski definition) is 1. The smallest absolute Gasteiger partial charge is 0.0642 e. The molecule has 0 aromatic heterocycles. The van der Waals surface area contributed by atoms with Gasteiger partial charge in [0.1, 0.15) is 0 Å². The molecule has 1 aromatic rings. The number of unbranched alkanes of at least 4 members (excludes halogenated alkanes) is 18. The Morgan fingerprint density at radius 3 is 1.47 bits per heavy atom. The fourth-order valence-electron chi connectivity index (χ4n) is 7.37. The van der Waals surface area contributed by atoms with Crippen LogP contribution in [0.1, 0.15) is 179 Å². The molecule has 1 N–H and O–H groups in total. The highest BCUT2D eigenvalue weighted by Gasteiger charge is 2.14. The quantitative estimate of drug-likeness (QED) is 0.0531. The molecule has 0 atom stereocenters. The molecule has 0 amide bonds. The maximum atomic E-state index is 6.25. The summed E-state index contributed by atoms with van der Waals surface area (Å²) < 4.78 is 12.5. The highest BCUT2D eigenvalue weighted by molar-refractivity contribution is 5.23. The monoisotopic (exact) mass is 790 g/mol. The Labute approximate surface area is 354 Å². The normalized spacial score (nSPS) is 15.1. The number of piperazine rings is 1. The number of allylic oxidation sites excluding steroid dienone is 8. The Bertz CT molecular complexity index is 1070. The van der Waals surface area contributed by atoms with E-state index >= 15 is 0 Å².